The van der Waals surface area contributed by atoms with Crippen LogP contribution >= 0.6 is 0 Å². The van der Waals surface area contributed by atoms with E-state index >= 15 is 0 Å². The zero-order valence-electron chi connectivity index (χ0n) is 15.5. The van der Waals surface area contributed by atoms with E-state index in [0.717, 1.165) is 6.07 Å². The highest BCUT2D eigenvalue weighted by Gasteiger charge is 2.32. The molecule has 1 aromatic heterocycles. The number of benzene rings is 2. The van der Waals surface area contributed by atoms with Crippen molar-refractivity contribution in [3.8, 4) is 5.75 Å². The maximum Gasteiger partial charge on any atom is 0.573 e. The highest BCUT2D eigenvalue weighted by atomic mass is 19.4. The molecule has 1 N–H and O–H groups in total. The number of aromatic nitrogens is 4. The lowest BCUT2D eigenvalue weighted by molar-refractivity contribution is -0.274. The summed E-state index contributed by atoms with van der Waals surface area (Å²) in [6.45, 7) is -0.567. The van der Waals surface area contributed by atoms with E-state index in [2.05, 4.69) is 30.7 Å². The molecular formula is C18H15F3N6O3. The van der Waals surface area contributed by atoms with Crippen LogP contribution in [0.15, 0.2) is 59.8 Å². The number of anilines is 1. The summed E-state index contributed by atoms with van der Waals surface area (Å²) in [5, 5.41) is 17.4. The van der Waals surface area contributed by atoms with Crippen LogP contribution in [0.2, 0.25) is 0 Å². The van der Waals surface area contributed by atoms with Crippen LogP contribution in [0.5, 0.6) is 5.75 Å². The number of hydrogen-bond donors (Lipinski definition) is 1. The van der Waals surface area contributed by atoms with E-state index in [1.165, 1.54) is 22.9 Å². The fourth-order valence-corrected chi connectivity index (χ4v) is 2.37. The average molecular weight is 420 g/mol. The maximum absolute atomic E-state index is 12.5. The molecular weight excluding hydrogens is 405 g/mol. The number of ether oxygens (including phenoxy) is 1. The smallest absolute Gasteiger partial charge is 0.404 e. The number of halogens is 3. The highest BCUT2D eigenvalue weighted by molar-refractivity contribution is 6.10. The van der Waals surface area contributed by atoms with E-state index in [4.69, 9.17) is 4.84 Å². The van der Waals surface area contributed by atoms with Crippen molar-refractivity contribution in [2.24, 2.45) is 12.2 Å². The number of amides is 1. The third-order valence-electron chi connectivity index (χ3n) is 3.62. The quantitative estimate of drug-likeness (QED) is 0.465. The van der Waals surface area contributed by atoms with Crippen molar-refractivity contribution in [3.63, 3.8) is 0 Å². The molecule has 0 aliphatic carbocycles. The molecule has 2 aromatic carbocycles. The van der Waals surface area contributed by atoms with Crippen molar-refractivity contribution in [3.05, 3.63) is 66.0 Å². The zero-order valence-corrected chi connectivity index (χ0v) is 15.5. The number of oxime groups is 1. The Balaban J connectivity index is 1.71. The monoisotopic (exact) mass is 420 g/mol. The van der Waals surface area contributed by atoms with E-state index in [1.54, 1.807) is 31.3 Å². The van der Waals surface area contributed by atoms with Crippen LogP contribution in [0.25, 0.3) is 0 Å². The van der Waals surface area contributed by atoms with Gasteiger partial charge in [0.2, 0.25) is 5.82 Å². The largest absolute Gasteiger partial charge is 0.573 e. The molecule has 1 amide bonds. The molecule has 30 heavy (non-hydrogen) atoms. The molecule has 3 aromatic rings. The second-order valence-corrected chi connectivity index (χ2v) is 5.80. The van der Waals surface area contributed by atoms with Gasteiger partial charge in [0.15, 0.2) is 18.1 Å². The Labute approximate surface area is 168 Å². The third kappa shape index (κ3) is 5.53. The Kier molecular flexibility index (Phi) is 6.25. The van der Waals surface area contributed by atoms with Crippen molar-refractivity contribution >= 4 is 17.3 Å². The number of nitrogens with zero attached hydrogens (tertiary/aromatic N) is 5. The molecule has 9 nitrogen and oxygen atoms in total. The number of hydrogen-bond acceptors (Lipinski definition) is 7. The predicted molar refractivity (Wildman–Crippen MR) is 98.6 cm³/mol. The lowest BCUT2D eigenvalue weighted by Crippen LogP contribution is -2.21. The molecule has 156 valence electrons. The molecule has 3 rings (SSSR count). The predicted octanol–water partition coefficient (Wildman–Crippen LogP) is 2.52. The molecule has 0 aliphatic rings. The normalized spacial score (nSPS) is 11.8. The number of aryl methyl sites for hydroxylation is 1. The van der Waals surface area contributed by atoms with Crippen LogP contribution in [-0.4, -0.2) is 44.8 Å². The minimum atomic E-state index is -4.89. The van der Waals surface area contributed by atoms with Crippen molar-refractivity contribution < 1.29 is 27.5 Å². The van der Waals surface area contributed by atoms with Gasteiger partial charge in [-0.05, 0) is 22.6 Å². The number of rotatable bonds is 7. The van der Waals surface area contributed by atoms with E-state index < -0.39 is 24.6 Å². The number of carbonyl (C=O) groups is 1. The maximum atomic E-state index is 12.5. The van der Waals surface area contributed by atoms with Crippen molar-refractivity contribution in [1.82, 2.24) is 20.2 Å². The zero-order chi connectivity index (χ0) is 21.6. The topological polar surface area (TPSA) is 104 Å². The average Bonchev–Trinajstić information content (AvgIpc) is 3.12. The molecule has 0 radical (unpaired) electrons. The SMILES string of the molecule is Cn1nnnc1/C(=N\OCC(=O)Nc1ccccc1OC(F)(F)F)c1ccccc1. The van der Waals surface area contributed by atoms with Crippen LogP contribution in [-0.2, 0) is 16.7 Å². The lowest BCUT2D eigenvalue weighted by Gasteiger charge is -2.13. The van der Waals surface area contributed by atoms with Crippen LogP contribution < -0.4 is 10.1 Å². The van der Waals surface area contributed by atoms with E-state index in [1.807, 2.05) is 6.07 Å². The molecule has 0 saturated carbocycles. The van der Waals surface area contributed by atoms with Gasteiger partial charge in [-0.2, -0.15) is 0 Å². The molecule has 0 aliphatic heterocycles. The van der Waals surface area contributed by atoms with Gasteiger partial charge in [-0.25, -0.2) is 4.68 Å². The first-order valence-corrected chi connectivity index (χ1v) is 8.46. The standard InChI is InChI=1S/C18H15F3N6O3/c1-27-17(23-25-26-27)16(12-7-3-2-4-8-12)24-29-11-15(28)22-13-9-5-6-10-14(13)30-18(19,20)21/h2-10H,11H2,1H3,(H,22,28)/b24-16-. The Morgan fingerprint density at radius 2 is 1.83 bits per heavy atom. The van der Waals surface area contributed by atoms with Crippen LogP contribution in [0.1, 0.15) is 11.4 Å². The summed E-state index contributed by atoms with van der Waals surface area (Å²) in [6.07, 6.45) is -4.89. The first kappa shape index (κ1) is 20.8. The van der Waals surface area contributed by atoms with Gasteiger partial charge < -0.3 is 14.9 Å². The molecule has 12 heteroatoms. The molecule has 0 bridgehead atoms. The fraction of sp³-hybridized carbons (Fsp3) is 0.167. The van der Waals surface area contributed by atoms with Gasteiger partial charge in [0.25, 0.3) is 5.91 Å². The first-order chi connectivity index (χ1) is 14.3. The Morgan fingerprint density at radius 3 is 2.50 bits per heavy atom. The van der Waals surface area contributed by atoms with Gasteiger partial charge in [-0.3, -0.25) is 4.79 Å². The summed E-state index contributed by atoms with van der Waals surface area (Å²) < 4.78 is 42.7. The van der Waals surface area contributed by atoms with E-state index in [-0.39, 0.29) is 11.4 Å². The van der Waals surface area contributed by atoms with E-state index in [9.17, 15) is 18.0 Å². The molecule has 0 spiro atoms. The van der Waals surface area contributed by atoms with Gasteiger partial charge in [0.1, 0.15) is 0 Å². The Hall–Kier alpha value is -3.96. The molecule has 1 heterocycles. The van der Waals surface area contributed by atoms with Gasteiger partial charge in [0, 0.05) is 12.6 Å². The molecule has 0 unspecified atom stereocenters. The Morgan fingerprint density at radius 1 is 1.13 bits per heavy atom. The first-order valence-electron chi connectivity index (χ1n) is 8.46. The summed E-state index contributed by atoms with van der Waals surface area (Å²) in [5.74, 6) is -0.983. The van der Waals surface area contributed by atoms with Gasteiger partial charge in [-0.15, -0.1) is 18.3 Å². The molecule has 0 atom stereocenters. The number of alkyl halides is 3. The summed E-state index contributed by atoms with van der Waals surface area (Å²) >= 11 is 0. The van der Waals surface area contributed by atoms with Gasteiger partial charge in [0.05, 0.1) is 5.69 Å². The van der Waals surface area contributed by atoms with Gasteiger partial charge >= 0.3 is 6.36 Å². The summed E-state index contributed by atoms with van der Waals surface area (Å²) in [6, 6.07) is 14.0. The van der Waals surface area contributed by atoms with Crippen molar-refractivity contribution in [2.75, 3.05) is 11.9 Å². The number of para-hydroxylation sites is 2. The second kappa shape index (κ2) is 9.03. The lowest BCUT2D eigenvalue weighted by atomic mass is 10.1. The van der Waals surface area contributed by atoms with Crippen LogP contribution in [0, 0.1) is 0 Å². The van der Waals surface area contributed by atoms with Crippen LogP contribution in [0.4, 0.5) is 18.9 Å². The minimum absolute atomic E-state index is 0.159. The minimum Gasteiger partial charge on any atom is -0.404 e. The van der Waals surface area contributed by atoms with Crippen LogP contribution in [0.3, 0.4) is 0 Å². The van der Waals surface area contributed by atoms with Crippen molar-refractivity contribution in [1.29, 1.82) is 0 Å². The second-order valence-electron chi connectivity index (χ2n) is 5.80. The van der Waals surface area contributed by atoms with E-state index in [0.29, 0.717) is 11.4 Å². The fourth-order valence-electron chi connectivity index (χ4n) is 2.37. The highest BCUT2D eigenvalue weighted by Crippen LogP contribution is 2.29. The summed E-state index contributed by atoms with van der Waals surface area (Å²) in [7, 11) is 1.61. The van der Waals surface area contributed by atoms with Crippen molar-refractivity contribution in [2.45, 2.75) is 6.36 Å². The number of nitrogens with one attached hydrogen (secondary N) is 1. The summed E-state index contributed by atoms with van der Waals surface area (Å²) in [4.78, 5) is 17.2. The molecule has 0 saturated heterocycles. The molecule has 0 fully saturated rings. The number of tetrazole rings is 1. The number of carbonyl (C=O) groups excluding carboxylic acids is 1. The Bertz CT molecular complexity index is 1040. The van der Waals surface area contributed by atoms with Gasteiger partial charge in [-0.1, -0.05) is 47.6 Å². The third-order valence-corrected chi connectivity index (χ3v) is 3.62. The summed E-state index contributed by atoms with van der Waals surface area (Å²) in [5.41, 5.74) is 0.754.